The first-order valence-corrected chi connectivity index (χ1v) is 4.75. The fourth-order valence-corrected chi connectivity index (χ4v) is 0.797. The van der Waals surface area contributed by atoms with Crippen molar-refractivity contribution in [1.29, 1.82) is 0 Å². The molecular weight excluding hydrogens is 222 g/mol. The Morgan fingerprint density at radius 3 is 2.29 bits per heavy atom. The van der Waals surface area contributed by atoms with Crippen LogP contribution in [0.25, 0.3) is 0 Å². The fraction of sp³-hybridized carbons (Fsp3) is 0.250. The highest BCUT2D eigenvalue weighted by Gasteiger charge is 1.98. The number of ketones is 1. The summed E-state index contributed by atoms with van der Waals surface area (Å²) in [7, 11) is 1.46. The monoisotopic (exact) mass is 241 g/mol. The highest BCUT2D eigenvalue weighted by molar-refractivity contribution is 5.91. The van der Waals surface area contributed by atoms with Gasteiger partial charge in [0.2, 0.25) is 0 Å². The van der Waals surface area contributed by atoms with Gasteiger partial charge in [0, 0.05) is 6.92 Å². The molecule has 0 atom stereocenters. The molecular formula is C12H19NO4. The largest absolute Gasteiger partial charge is 0.493 e. The molecule has 1 aromatic heterocycles. The Hall–Kier alpha value is -1.85. The second-order valence-corrected chi connectivity index (χ2v) is 2.75. The minimum absolute atomic E-state index is 0.0857. The Bertz CT molecular complexity index is 328. The molecule has 0 spiro atoms. The standard InChI is InChI=1S/C7H10O2.C5H6O.H3NO/c1-4-5-7(9-3)6(2)8;1-5-3-2-4-6-5;1-2/h4-5H,1H2,2-3H3;2-4H,1H3;2H,1H2/b7-5-;;. The van der Waals surface area contributed by atoms with Gasteiger partial charge in [-0.1, -0.05) is 12.7 Å². The lowest BCUT2D eigenvalue weighted by Gasteiger charge is -1.97. The number of Topliss-reactive ketones (excluding diaryl/α,β-unsaturated/α-hetero) is 1. The topological polar surface area (TPSA) is 85.7 Å². The Kier molecular flexibility index (Phi) is 12.6. The molecule has 5 heteroatoms. The first-order chi connectivity index (χ1) is 8.11. The van der Waals surface area contributed by atoms with Crippen LogP contribution in [0.2, 0.25) is 0 Å². The van der Waals surface area contributed by atoms with Crippen molar-refractivity contribution < 1.29 is 19.2 Å². The van der Waals surface area contributed by atoms with Crippen LogP contribution in [0.3, 0.4) is 0 Å². The van der Waals surface area contributed by atoms with Crippen LogP contribution in [-0.4, -0.2) is 18.1 Å². The zero-order valence-electron chi connectivity index (χ0n) is 10.3. The van der Waals surface area contributed by atoms with Crippen LogP contribution in [0.1, 0.15) is 12.7 Å². The van der Waals surface area contributed by atoms with Crippen LogP contribution in [0.15, 0.2) is 47.3 Å². The fourth-order valence-electron chi connectivity index (χ4n) is 0.797. The maximum Gasteiger partial charge on any atom is 0.194 e. The second kappa shape index (κ2) is 12.2. The van der Waals surface area contributed by atoms with Gasteiger partial charge < -0.3 is 14.4 Å². The van der Waals surface area contributed by atoms with E-state index in [1.807, 2.05) is 19.1 Å². The van der Waals surface area contributed by atoms with Gasteiger partial charge in [-0.05, 0) is 25.1 Å². The summed E-state index contributed by atoms with van der Waals surface area (Å²) >= 11 is 0. The number of carbonyl (C=O) groups excluding carboxylic acids is 1. The Morgan fingerprint density at radius 1 is 1.59 bits per heavy atom. The lowest BCUT2D eigenvalue weighted by molar-refractivity contribution is -0.116. The number of furan rings is 1. The lowest BCUT2D eigenvalue weighted by atomic mass is 10.3. The predicted molar refractivity (Wildman–Crippen MR) is 65.4 cm³/mol. The molecule has 1 aromatic rings. The summed E-state index contributed by atoms with van der Waals surface area (Å²) in [6.45, 7) is 6.78. The van der Waals surface area contributed by atoms with Crippen molar-refractivity contribution in [2.24, 2.45) is 5.90 Å². The number of hydrogen-bond acceptors (Lipinski definition) is 5. The number of allylic oxidation sites excluding steroid dienone is 3. The molecule has 0 fully saturated rings. The minimum Gasteiger partial charge on any atom is -0.493 e. The third-order valence-corrected chi connectivity index (χ3v) is 1.50. The van der Waals surface area contributed by atoms with Crippen LogP contribution in [-0.2, 0) is 9.53 Å². The summed E-state index contributed by atoms with van der Waals surface area (Å²) in [6.07, 6.45) is 4.71. The number of hydrogen-bond donors (Lipinski definition) is 2. The molecule has 0 bridgehead atoms. The summed E-state index contributed by atoms with van der Waals surface area (Å²) in [4.78, 5) is 10.5. The summed E-state index contributed by atoms with van der Waals surface area (Å²) in [5, 5.41) is 6.50. The van der Waals surface area contributed by atoms with Crippen molar-refractivity contribution in [3.05, 3.63) is 48.6 Å². The van der Waals surface area contributed by atoms with E-state index in [1.54, 1.807) is 6.26 Å². The molecule has 5 nitrogen and oxygen atoms in total. The average Bonchev–Trinajstić information content (AvgIpc) is 2.80. The highest BCUT2D eigenvalue weighted by atomic mass is 16.5. The van der Waals surface area contributed by atoms with Crippen LogP contribution in [0, 0.1) is 6.92 Å². The van der Waals surface area contributed by atoms with E-state index in [9.17, 15) is 4.79 Å². The number of aryl methyl sites for hydroxylation is 1. The highest BCUT2D eigenvalue weighted by Crippen LogP contribution is 1.95. The van der Waals surface area contributed by atoms with Gasteiger partial charge in [-0.15, -0.1) is 0 Å². The molecule has 17 heavy (non-hydrogen) atoms. The average molecular weight is 241 g/mol. The van der Waals surface area contributed by atoms with Crippen molar-refractivity contribution in [2.75, 3.05) is 7.11 Å². The lowest BCUT2D eigenvalue weighted by Crippen LogP contribution is -1.97. The smallest absolute Gasteiger partial charge is 0.194 e. The van der Waals surface area contributed by atoms with Gasteiger partial charge in [-0.3, -0.25) is 4.79 Å². The molecule has 0 aliphatic rings. The first-order valence-electron chi connectivity index (χ1n) is 4.75. The molecule has 0 amide bonds. The molecule has 96 valence electrons. The molecule has 0 saturated heterocycles. The van der Waals surface area contributed by atoms with Gasteiger partial charge in [0.1, 0.15) is 5.76 Å². The SMILES string of the molecule is C=C/C=C(\OC)C(C)=O.Cc1ccco1.NO. The summed E-state index contributed by atoms with van der Waals surface area (Å²) in [5.74, 6) is 4.72. The molecule has 0 saturated carbocycles. The van der Waals surface area contributed by atoms with Gasteiger partial charge in [-0.2, -0.15) is 0 Å². The molecule has 1 heterocycles. The first kappa shape index (κ1) is 17.5. The quantitative estimate of drug-likeness (QED) is 0.367. The predicted octanol–water partition coefficient (Wildman–Crippen LogP) is 2.21. The van der Waals surface area contributed by atoms with Gasteiger partial charge in [0.05, 0.1) is 13.4 Å². The minimum atomic E-state index is -0.0857. The Labute approximate surface area is 101 Å². The number of methoxy groups -OCH3 is 1. The number of carbonyl (C=O) groups is 1. The van der Waals surface area contributed by atoms with Crippen molar-refractivity contribution in [1.82, 2.24) is 0 Å². The maximum absolute atomic E-state index is 10.5. The molecule has 0 aromatic carbocycles. The van der Waals surface area contributed by atoms with Crippen LogP contribution >= 0.6 is 0 Å². The van der Waals surface area contributed by atoms with Crippen LogP contribution in [0.5, 0.6) is 0 Å². The van der Waals surface area contributed by atoms with E-state index >= 15 is 0 Å². The zero-order valence-corrected chi connectivity index (χ0v) is 10.3. The summed E-state index contributed by atoms with van der Waals surface area (Å²) in [5.41, 5.74) is 0. The van der Waals surface area contributed by atoms with Crippen molar-refractivity contribution >= 4 is 5.78 Å². The van der Waals surface area contributed by atoms with Crippen molar-refractivity contribution in [3.8, 4) is 0 Å². The van der Waals surface area contributed by atoms with E-state index < -0.39 is 0 Å². The summed E-state index contributed by atoms with van der Waals surface area (Å²) in [6, 6.07) is 3.79. The Balaban J connectivity index is 0. The number of nitrogens with two attached hydrogens (primary N) is 1. The maximum atomic E-state index is 10.5. The molecule has 1 rings (SSSR count). The zero-order chi connectivity index (χ0) is 13.7. The van der Waals surface area contributed by atoms with Gasteiger partial charge >= 0.3 is 0 Å². The molecule has 3 N–H and O–H groups in total. The van der Waals surface area contributed by atoms with E-state index in [4.69, 9.17) is 14.4 Å². The molecule has 0 aliphatic heterocycles. The third-order valence-electron chi connectivity index (χ3n) is 1.50. The van der Waals surface area contributed by atoms with Crippen LogP contribution in [0.4, 0.5) is 0 Å². The third kappa shape index (κ3) is 10.4. The van der Waals surface area contributed by atoms with E-state index in [1.165, 1.54) is 26.2 Å². The summed E-state index contributed by atoms with van der Waals surface area (Å²) < 4.78 is 9.53. The van der Waals surface area contributed by atoms with E-state index in [0.717, 1.165) is 5.76 Å². The van der Waals surface area contributed by atoms with Gasteiger partial charge in [0.25, 0.3) is 0 Å². The van der Waals surface area contributed by atoms with Gasteiger partial charge in [-0.25, -0.2) is 5.90 Å². The second-order valence-electron chi connectivity index (χ2n) is 2.75. The van der Waals surface area contributed by atoms with Gasteiger partial charge in [0.15, 0.2) is 11.5 Å². The molecule has 0 aliphatic carbocycles. The molecule has 0 unspecified atom stereocenters. The van der Waals surface area contributed by atoms with Crippen LogP contribution < -0.4 is 5.90 Å². The van der Waals surface area contributed by atoms with E-state index in [0.29, 0.717) is 5.76 Å². The van der Waals surface area contributed by atoms with E-state index in [2.05, 4.69) is 12.5 Å². The van der Waals surface area contributed by atoms with Crippen molar-refractivity contribution in [3.63, 3.8) is 0 Å². The Morgan fingerprint density at radius 2 is 2.18 bits per heavy atom. The van der Waals surface area contributed by atoms with E-state index in [-0.39, 0.29) is 5.78 Å². The van der Waals surface area contributed by atoms with Crippen molar-refractivity contribution in [2.45, 2.75) is 13.8 Å². The number of rotatable bonds is 3. The molecule has 0 radical (unpaired) electrons. The normalized spacial score (nSPS) is 9.12. The number of ether oxygens (including phenoxy) is 1.